The molecule has 0 aliphatic rings. The Morgan fingerprint density at radius 3 is 2.65 bits per heavy atom. The molecule has 0 aliphatic carbocycles. The third kappa shape index (κ3) is 6.63. The van der Waals surface area contributed by atoms with Gasteiger partial charge in [-0.3, -0.25) is 4.79 Å². The van der Waals surface area contributed by atoms with Gasteiger partial charge in [-0.15, -0.1) is 0 Å². The smallest absolute Gasteiger partial charge is 0.391 e. The lowest BCUT2D eigenvalue weighted by Gasteiger charge is -2.09. The van der Waals surface area contributed by atoms with E-state index in [9.17, 15) is 18.0 Å². The lowest BCUT2D eigenvalue weighted by Crippen LogP contribution is -2.17. The van der Waals surface area contributed by atoms with Crippen LogP contribution in [0.15, 0.2) is 18.2 Å². The predicted molar refractivity (Wildman–Crippen MR) is 70.6 cm³/mol. The van der Waals surface area contributed by atoms with Gasteiger partial charge in [0.2, 0.25) is 5.91 Å². The Bertz CT molecular complexity index is 467. The number of alkyl halides is 3. The monoisotopic (exact) mass is 310 g/mol. The lowest BCUT2D eigenvalue weighted by atomic mass is 10.2. The summed E-state index contributed by atoms with van der Waals surface area (Å²) in [5.74, 6) is -0.397. The summed E-state index contributed by atoms with van der Waals surface area (Å²) in [5, 5.41) is 2.96. The van der Waals surface area contributed by atoms with Crippen LogP contribution < -0.4 is 11.1 Å². The molecule has 1 aromatic rings. The van der Waals surface area contributed by atoms with Crippen molar-refractivity contribution in [2.24, 2.45) is 0 Å². The molecule has 0 fully saturated rings. The molecule has 20 heavy (non-hydrogen) atoms. The number of ether oxygens (including phenoxy) is 1. The molecule has 0 spiro atoms. The number of halogens is 4. The van der Waals surface area contributed by atoms with Crippen LogP contribution >= 0.6 is 11.6 Å². The molecule has 0 heterocycles. The van der Waals surface area contributed by atoms with E-state index < -0.39 is 25.1 Å². The zero-order valence-electron chi connectivity index (χ0n) is 10.5. The molecule has 3 N–H and O–H groups in total. The SMILES string of the molecule is Nc1cc(Cl)ccc1NC(=O)CCOCCC(F)(F)F. The van der Waals surface area contributed by atoms with Gasteiger partial charge in [0, 0.05) is 5.02 Å². The van der Waals surface area contributed by atoms with E-state index in [0.29, 0.717) is 16.4 Å². The normalized spacial score (nSPS) is 11.4. The van der Waals surface area contributed by atoms with Gasteiger partial charge in [-0.2, -0.15) is 13.2 Å². The minimum absolute atomic E-state index is 0.0556. The van der Waals surface area contributed by atoms with E-state index in [4.69, 9.17) is 22.1 Å². The van der Waals surface area contributed by atoms with Gasteiger partial charge < -0.3 is 15.8 Å². The lowest BCUT2D eigenvalue weighted by molar-refractivity contribution is -0.145. The summed E-state index contributed by atoms with van der Waals surface area (Å²) in [6.07, 6.45) is -5.33. The first kappa shape index (κ1) is 16.6. The minimum atomic E-state index is -4.25. The highest BCUT2D eigenvalue weighted by atomic mass is 35.5. The summed E-state index contributed by atoms with van der Waals surface area (Å²) in [5.41, 5.74) is 6.35. The van der Waals surface area contributed by atoms with Gasteiger partial charge in [0.25, 0.3) is 0 Å². The Hall–Kier alpha value is -1.47. The maximum Gasteiger partial charge on any atom is 0.391 e. The number of nitrogens with two attached hydrogens (primary N) is 1. The molecule has 0 unspecified atom stereocenters. The standard InChI is InChI=1S/C12H14ClF3N2O2/c13-8-1-2-10(9(17)7-8)18-11(19)3-5-20-6-4-12(14,15)16/h1-2,7H,3-6,17H2,(H,18,19). The summed E-state index contributed by atoms with van der Waals surface area (Å²) in [7, 11) is 0. The summed E-state index contributed by atoms with van der Waals surface area (Å²) in [4.78, 5) is 11.5. The van der Waals surface area contributed by atoms with Gasteiger partial charge in [0.1, 0.15) is 0 Å². The average Bonchev–Trinajstić information content (AvgIpc) is 2.31. The molecule has 0 radical (unpaired) electrons. The molecule has 0 atom stereocenters. The molecule has 0 aromatic heterocycles. The summed E-state index contributed by atoms with van der Waals surface area (Å²) >= 11 is 5.70. The first-order valence-electron chi connectivity index (χ1n) is 5.77. The number of nitrogens with one attached hydrogen (secondary N) is 1. The van der Waals surface area contributed by atoms with E-state index in [2.05, 4.69) is 5.32 Å². The molecule has 112 valence electrons. The number of amides is 1. The molecule has 8 heteroatoms. The van der Waals surface area contributed by atoms with Crippen molar-refractivity contribution in [3.05, 3.63) is 23.2 Å². The zero-order valence-corrected chi connectivity index (χ0v) is 11.2. The number of hydrogen-bond donors (Lipinski definition) is 2. The first-order valence-corrected chi connectivity index (χ1v) is 6.15. The highest BCUT2D eigenvalue weighted by molar-refractivity contribution is 6.31. The molecule has 1 rings (SSSR count). The fraction of sp³-hybridized carbons (Fsp3) is 0.417. The topological polar surface area (TPSA) is 64.3 Å². The van der Waals surface area contributed by atoms with Crippen molar-refractivity contribution in [3.8, 4) is 0 Å². The number of hydrogen-bond acceptors (Lipinski definition) is 3. The Morgan fingerprint density at radius 2 is 2.05 bits per heavy atom. The molecular formula is C12H14ClF3N2O2. The van der Waals surface area contributed by atoms with Crippen molar-refractivity contribution in [1.82, 2.24) is 0 Å². The molecule has 0 saturated heterocycles. The second-order valence-electron chi connectivity index (χ2n) is 4.01. The Morgan fingerprint density at radius 1 is 1.35 bits per heavy atom. The molecule has 0 saturated carbocycles. The van der Waals surface area contributed by atoms with Crippen molar-refractivity contribution in [2.75, 3.05) is 24.3 Å². The fourth-order valence-electron chi connectivity index (χ4n) is 1.31. The highest BCUT2D eigenvalue weighted by Crippen LogP contribution is 2.22. The van der Waals surface area contributed by atoms with Crippen LogP contribution in [0.3, 0.4) is 0 Å². The van der Waals surface area contributed by atoms with E-state index >= 15 is 0 Å². The molecule has 1 amide bonds. The average molecular weight is 311 g/mol. The van der Waals surface area contributed by atoms with Gasteiger partial charge in [0.15, 0.2) is 0 Å². The van der Waals surface area contributed by atoms with Crippen LogP contribution in [0.25, 0.3) is 0 Å². The van der Waals surface area contributed by atoms with Crippen LogP contribution in [-0.2, 0) is 9.53 Å². The molecule has 0 aliphatic heterocycles. The molecular weight excluding hydrogens is 297 g/mol. The number of anilines is 2. The van der Waals surface area contributed by atoms with E-state index in [0.717, 1.165) is 0 Å². The maximum atomic E-state index is 11.8. The van der Waals surface area contributed by atoms with Crippen molar-refractivity contribution in [1.29, 1.82) is 0 Å². The second kappa shape index (κ2) is 7.35. The molecule has 4 nitrogen and oxygen atoms in total. The number of rotatable bonds is 6. The largest absolute Gasteiger partial charge is 0.397 e. The summed E-state index contributed by atoms with van der Waals surface area (Å²) in [6, 6.07) is 4.59. The number of carbonyl (C=O) groups excluding carboxylic acids is 1. The Labute approximate surface area is 119 Å². The van der Waals surface area contributed by atoms with Crippen molar-refractivity contribution in [3.63, 3.8) is 0 Å². The Kier molecular flexibility index (Phi) is 6.09. The van der Waals surface area contributed by atoms with Gasteiger partial charge in [0.05, 0.1) is 37.4 Å². The first-order chi connectivity index (χ1) is 9.28. The molecule has 1 aromatic carbocycles. The third-order valence-electron chi connectivity index (χ3n) is 2.29. The van der Waals surface area contributed by atoms with E-state index in [-0.39, 0.29) is 13.0 Å². The van der Waals surface area contributed by atoms with Gasteiger partial charge in [-0.25, -0.2) is 0 Å². The van der Waals surface area contributed by atoms with Crippen LogP contribution in [0.5, 0.6) is 0 Å². The van der Waals surface area contributed by atoms with E-state index in [1.165, 1.54) is 6.07 Å². The fourth-order valence-corrected chi connectivity index (χ4v) is 1.50. The van der Waals surface area contributed by atoms with Crippen LogP contribution in [0.4, 0.5) is 24.5 Å². The van der Waals surface area contributed by atoms with E-state index in [1.54, 1.807) is 12.1 Å². The third-order valence-corrected chi connectivity index (χ3v) is 2.53. The summed E-state index contributed by atoms with van der Waals surface area (Å²) < 4.78 is 40.2. The summed E-state index contributed by atoms with van der Waals surface area (Å²) in [6.45, 7) is -0.546. The number of benzene rings is 1. The van der Waals surface area contributed by atoms with Crippen LogP contribution in [0.1, 0.15) is 12.8 Å². The van der Waals surface area contributed by atoms with Crippen molar-refractivity contribution < 1.29 is 22.7 Å². The van der Waals surface area contributed by atoms with Crippen molar-refractivity contribution >= 4 is 28.9 Å². The van der Waals surface area contributed by atoms with Crippen LogP contribution in [0, 0.1) is 0 Å². The quantitative estimate of drug-likeness (QED) is 0.626. The van der Waals surface area contributed by atoms with Crippen LogP contribution in [-0.4, -0.2) is 25.3 Å². The van der Waals surface area contributed by atoms with Gasteiger partial charge >= 0.3 is 6.18 Å². The number of nitrogen functional groups attached to an aromatic ring is 1. The van der Waals surface area contributed by atoms with Crippen LogP contribution in [0.2, 0.25) is 5.02 Å². The molecule has 0 bridgehead atoms. The number of carbonyl (C=O) groups is 1. The second-order valence-corrected chi connectivity index (χ2v) is 4.44. The highest BCUT2D eigenvalue weighted by Gasteiger charge is 2.26. The maximum absolute atomic E-state index is 11.8. The Balaban J connectivity index is 2.27. The van der Waals surface area contributed by atoms with Crippen molar-refractivity contribution in [2.45, 2.75) is 19.0 Å². The zero-order chi connectivity index (χ0) is 15.2. The van der Waals surface area contributed by atoms with Gasteiger partial charge in [-0.1, -0.05) is 11.6 Å². The minimum Gasteiger partial charge on any atom is -0.397 e. The predicted octanol–water partition coefficient (Wildman–Crippen LogP) is 3.22. The van der Waals surface area contributed by atoms with Gasteiger partial charge in [-0.05, 0) is 18.2 Å². The van der Waals surface area contributed by atoms with E-state index in [1.807, 2.05) is 0 Å².